The molecule has 2 aromatic carbocycles. The molecular formula is C25H27NO4. The Morgan fingerprint density at radius 2 is 1.63 bits per heavy atom. The molecule has 0 bridgehead atoms. The zero-order valence-corrected chi connectivity index (χ0v) is 17.8. The normalized spacial score (nSPS) is 23.2. The number of Topliss-reactive ketones (excluding diaryl/α,β-unsaturated/α-hetero) is 1. The van der Waals surface area contributed by atoms with Crippen molar-refractivity contribution in [2.45, 2.75) is 45.6 Å². The highest BCUT2D eigenvalue weighted by atomic mass is 16.5. The molecule has 0 spiro atoms. The summed E-state index contributed by atoms with van der Waals surface area (Å²) in [6.07, 6.45) is -1.50. The van der Waals surface area contributed by atoms with E-state index < -0.39 is 17.9 Å². The molecule has 2 aliphatic heterocycles. The van der Waals surface area contributed by atoms with E-state index in [1.54, 1.807) is 17.0 Å². The van der Waals surface area contributed by atoms with E-state index in [1.165, 1.54) is 0 Å². The number of ketones is 1. The van der Waals surface area contributed by atoms with Gasteiger partial charge in [0.15, 0.2) is 18.1 Å². The van der Waals surface area contributed by atoms with Crippen molar-refractivity contribution in [2.24, 2.45) is 5.92 Å². The molecule has 30 heavy (non-hydrogen) atoms. The number of ether oxygens (including phenoxy) is 2. The minimum atomic E-state index is -0.792. The molecule has 1 amide bonds. The van der Waals surface area contributed by atoms with E-state index >= 15 is 0 Å². The first-order chi connectivity index (χ1) is 14.3. The van der Waals surface area contributed by atoms with Crippen LogP contribution >= 0.6 is 0 Å². The topological polar surface area (TPSA) is 55.8 Å². The van der Waals surface area contributed by atoms with Crippen molar-refractivity contribution in [3.05, 3.63) is 77.4 Å². The Morgan fingerprint density at radius 3 is 2.23 bits per heavy atom. The first kappa shape index (κ1) is 20.4. The summed E-state index contributed by atoms with van der Waals surface area (Å²) >= 11 is 0. The van der Waals surface area contributed by atoms with Gasteiger partial charge >= 0.3 is 0 Å². The summed E-state index contributed by atoms with van der Waals surface area (Å²) in [5.41, 5.74) is 1.11. The van der Waals surface area contributed by atoms with Crippen LogP contribution in [0.15, 0.2) is 66.2 Å². The standard InChI is InChI=1S/C25H27NO4/c1-16(2)21-23(28)26-24(29-15-25(26,3)4)19(20(27)17-11-7-5-8-12-17)22(30-21)18-13-9-6-10-14-18/h5-14,16,21,24H,15H2,1-4H3/t21-,24-/m0/s1. The van der Waals surface area contributed by atoms with Crippen LogP contribution in [0.4, 0.5) is 0 Å². The Balaban J connectivity index is 1.97. The maximum absolute atomic E-state index is 13.7. The zero-order chi connectivity index (χ0) is 21.5. The summed E-state index contributed by atoms with van der Waals surface area (Å²) in [6.45, 7) is 8.17. The molecule has 2 aromatic rings. The van der Waals surface area contributed by atoms with Gasteiger partial charge in [0.2, 0.25) is 0 Å². The number of hydrogen-bond acceptors (Lipinski definition) is 4. The second-order valence-corrected chi connectivity index (χ2v) is 8.77. The predicted molar refractivity (Wildman–Crippen MR) is 115 cm³/mol. The minimum Gasteiger partial charge on any atom is -0.479 e. The van der Waals surface area contributed by atoms with Crippen LogP contribution in [0.25, 0.3) is 5.76 Å². The van der Waals surface area contributed by atoms with Gasteiger partial charge in [0.05, 0.1) is 17.7 Å². The third kappa shape index (κ3) is 3.43. The fourth-order valence-corrected chi connectivity index (χ4v) is 4.06. The van der Waals surface area contributed by atoms with Gasteiger partial charge < -0.3 is 14.4 Å². The number of benzene rings is 2. The van der Waals surface area contributed by atoms with Crippen molar-refractivity contribution in [2.75, 3.05) is 6.61 Å². The number of amides is 1. The van der Waals surface area contributed by atoms with Gasteiger partial charge in [-0.25, -0.2) is 0 Å². The van der Waals surface area contributed by atoms with Crippen LogP contribution in [0.5, 0.6) is 0 Å². The summed E-state index contributed by atoms with van der Waals surface area (Å²) in [5.74, 6) is 0.00212. The molecule has 156 valence electrons. The van der Waals surface area contributed by atoms with E-state index in [-0.39, 0.29) is 17.6 Å². The number of hydrogen-bond donors (Lipinski definition) is 0. The van der Waals surface area contributed by atoms with Crippen molar-refractivity contribution < 1.29 is 19.1 Å². The highest BCUT2D eigenvalue weighted by molar-refractivity contribution is 6.14. The van der Waals surface area contributed by atoms with Crippen molar-refractivity contribution in [1.29, 1.82) is 0 Å². The smallest absolute Gasteiger partial charge is 0.266 e. The molecule has 2 aliphatic rings. The van der Waals surface area contributed by atoms with E-state index in [0.717, 1.165) is 5.56 Å². The molecule has 2 heterocycles. The van der Waals surface area contributed by atoms with Crippen LogP contribution in [0.3, 0.4) is 0 Å². The highest BCUT2D eigenvalue weighted by Gasteiger charge is 2.52. The summed E-state index contributed by atoms with van der Waals surface area (Å²) < 4.78 is 12.4. The van der Waals surface area contributed by atoms with Gasteiger partial charge in [-0.15, -0.1) is 0 Å². The minimum absolute atomic E-state index is 0.0700. The summed E-state index contributed by atoms with van der Waals surface area (Å²) in [6, 6.07) is 18.5. The Bertz CT molecular complexity index is 979. The van der Waals surface area contributed by atoms with Gasteiger partial charge in [-0.05, 0) is 19.8 Å². The van der Waals surface area contributed by atoms with E-state index in [4.69, 9.17) is 9.47 Å². The van der Waals surface area contributed by atoms with Gasteiger partial charge in [0, 0.05) is 11.1 Å². The molecule has 5 nitrogen and oxygen atoms in total. The maximum atomic E-state index is 13.7. The molecule has 1 fully saturated rings. The Labute approximate surface area is 177 Å². The first-order valence-electron chi connectivity index (χ1n) is 10.3. The average Bonchev–Trinajstić information content (AvgIpc) is 2.97. The van der Waals surface area contributed by atoms with Crippen LogP contribution in [0, 0.1) is 5.92 Å². The lowest BCUT2D eigenvalue weighted by Crippen LogP contribution is -2.53. The van der Waals surface area contributed by atoms with Crippen molar-refractivity contribution in [3.8, 4) is 0 Å². The van der Waals surface area contributed by atoms with Gasteiger partial charge in [0.25, 0.3) is 5.91 Å². The number of nitrogens with zero attached hydrogens (tertiary/aromatic N) is 1. The molecule has 0 aromatic heterocycles. The second-order valence-electron chi connectivity index (χ2n) is 8.77. The Kier molecular flexibility index (Phi) is 5.24. The first-order valence-corrected chi connectivity index (χ1v) is 10.3. The van der Waals surface area contributed by atoms with E-state index in [0.29, 0.717) is 23.5 Å². The molecule has 4 rings (SSSR count). The SMILES string of the molecule is CC(C)[C@@H]1OC(c2ccccc2)=C(C(=O)c2ccccc2)[C@@H]2OCC(C)(C)N2C1=O. The third-order valence-corrected chi connectivity index (χ3v) is 5.62. The molecular weight excluding hydrogens is 378 g/mol. The number of carbonyl (C=O) groups excluding carboxylic acids is 2. The van der Waals surface area contributed by atoms with Crippen LogP contribution in [0.2, 0.25) is 0 Å². The molecule has 0 unspecified atom stereocenters. The maximum Gasteiger partial charge on any atom is 0.266 e. The summed E-state index contributed by atoms with van der Waals surface area (Å²) in [4.78, 5) is 29.0. The van der Waals surface area contributed by atoms with Crippen molar-refractivity contribution >= 4 is 17.4 Å². The lowest BCUT2D eigenvalue weighted by atomic mass is 9.96. The number of rotatable bonds is 4. The Hall–Kier alpha value is -2.92. The van der Waals surface area contributed by atoms with E-state index in [9.17, 15) is 9.59 Å². The number of carbonyl (C=O) groups is 2. The molecule has 0 aliphatic carbocycles. The van der Waals surface area contributed by atoms with Crippen LogP contribution in [-0.2, 0) is 14.3 Å². The zero-order valence-electron chi connectivity index (χ0n) is 17.8. The van der Waals surface area contributed by atoms with Crippen LogP contribution < -0.4 is 0 Å². The van der Waals surface area contributed by atoms with Gasteiger partial charge in [-0.3, -0.25) is 9.59 Å². The number of fused-ring (bicyclic) bond motifs is 1. The van der Waals surface area contributed by atoms with E-state index in [1.807, 2.05) is 76.2 Å². The Morgan fingerprint density at radius 1 is 1.03 bits per heavy atom. The lowest BCUT2D eigenvalue weighted by Gasteiger charge is -2.34. The van der Waals surface area contributed by atoms with Crippen LogP contribution in [0.1, 0.15) is 43.6 Å². The van der Waals surface area contributed by atoms with Crippen molar-refractivity contribution in [1.82, 2.24) is 4.90 Å². The summed E-state index contributed by atoms with van der Waals surface area (Å²) in [7, 11) is 0. The molecule has 0 radical (unpaired) electrons. The van der Waals surface area contributed by atoms with Gasteiger partial charge in [-0.1, -0.05) is 74.5 Å². The van der Waals surface area contributed by atoms with Gasteiger partial charge in [0.1, 0.15) is 5.76 Å². The quantitative estimate of drug-likeness (QED) is 0.712. The summed E-state index contributed by atoms with van der Waals surface area (Å²) in [5, 5.41) is 0. The second kappa shape index (κ2) is 7.73. The van der Waals surface area contributed by atoms with Gasteiger partial charge in [-0.2, -0.15) is 0 Å². The molecule has 0 saturated carbocycles. The average molecular weight is 405 g/mol. The molecule has 2 atom stereocenters. The molecule has 5 heteroatoms. The van der Waals surface area contributed by atoms with Crippen molar-refractivity contribution in [3.63, 3.8) is 0 Å². The molecule has 1 saturated heterocycles. The fraction of sp³-hybridized carbons (Fsp3) is 0.360. The molecule has 0 N–H and O–H groups in total. The predicted octanol–water partition coefficient (Wildman–Crippen LogP) is 4.30. The fourth-order valence-electron chi connectivity index (χ4n) is 4.06. The third-order valence-electron chi connectivity index (χ3n) is 5.62. The van der Waals surface area contributed by atoms with E-state index in [2.05, 4.69) is 0 Å². The largest absolute Gasteiger partial charge is 0.479 e. The monoisotopic (exact) mass is 405 g/mol. The van der Waals surface area contributed by atoms with Crippen LogP contribution in [-0.4, -0.2) is 41.1 Å². The lowest BCUT2D eigenvalue weighted by molar-refractivity contribution is -0.147. The highest BCUT2D eigenvalue weighted by Crippen LogP contribution is 2.40.